The highest BCUT2D eigenvalue weighted by atomic mass is 16.5. The second-order valence-corrected chi connectivity index (χ2v) is 6.05. The van der Waals surface area contributed by atoms with Gasteiger partial charge in [0.1, 0.15) is 11.6 Å². The molecule has 0 spiro atoms. The summed E-state index contributed by atoms with van der Waals surface area (Å²) < 4.78 is 21.9. The van der Waals surface area contributed by atoms with Crippen LogP contribution in [0.1, 0.15) is 36.1 Å². The van der Waals surface area contributed by atoms with Gasteiger partial charge in [-0.05, 0) is 24.1 Å². The van der Waals surface area contributed by atoms with Gasteiger partial charge in [0.2, 0.25) is 17.5 Å². The van der Waals surface area contributed by atoms with Crippen molar-refractivity contribution in [2.24, 2.45) is 5.73 Å². The number of fused-ring (bicyclic) bond motifs is 1. The summed E-state index contributed by atoms with van der Waals surface area (Å²) in [5, 5.41) is 17.0. The smallest absolute Gasteiger partial charge is 0.244 e. The molecule has 3 N–H and O–H groups in total. The zero-order valence-corrected chi connectivity index (χ0v) is 15.8. The molecule has 2 heterocycles. The summed E-state index contributed by atoms with van der Waals surface area (Å²) in [5.74, 6) is 1.44. The number of aromatic nitrogens is 2. The topological polar surface area (TPSA) is 115 Å². The number of hydrogen-bond acceptors (Lipinski definition) is 7. The Bertz CT molecular complexity index is 901. The maximum atomic E-state index is 9.75. The fraction of sp³-hybridized carbons (Fsp3) is 0.368. The summed E-state index contributed by atoms with van der Waals surface area (Å²) in [5.41, 5.74) is 8.80. The molecule has 3 rings (SSSR count). The summed E-state index contributed by atoms with van der Waals surface area (Å²) in [6.45, 7) is 2.07. The third-order valence-corrected chi connectivity index (χ3v) is 4.54. The van der Waals surface area contributed by atoms with Crippen molar-refractivity contribution in [2.75, 3.05) is 21.3 Å². The Morgan fingerprint density at radius 1 is 1.22 bits per heavy atom. The molecule has 0 bridgehead atoms. The van der Waals surface area contributed by atoms with E-state index >= 15 is 0 Å². The minimum absolute atomic E-state index is 0.0401. The Kier molecular flexibility index (Phi) is 5.12. The van der Waals surface area contributed by atoms with E-state index in [1.54, 1.807) is 21.3 Å². The van der Waals surface area contributed by atoms with E-state index in [1.807, 2.05) is 12.1 Å². The van der Waals surface area contributed by atoms with Gasteiger partial charge in [0.05, 0.1) is 27.2 Å². The molecule has 2 aromatic rings. The normalized spacial score (nSPS) is 15.6. The molecule has 8 heteroatoms. The molecule has 1 aromatic carbocycles. The van der Waals surface area contributed by atoms with Gasteiger partial charge in [-0.1, -0.05) is 13.3 Å². The van der Waals surface area contributed by atoms with Gasteiger partial charge in [-0.3, -0.25) is 5.10 Å². The number of hydrogen-bond donors (Lipinski definition) is 2. The number of ether oxygens (including phenoxy) is 4. The zero-order valence-electron chi connectivity index (χ0n) is 15.8. The molecule has 8 nitrogen and oxygen atoms in total. The summed E-state index contributed by atoms with van der Waals surface area (Å²) in [6, 6.07) is 5.81. The molecule has 0 aliphatic carbocycles. The number of nitrogens with one attached hydrogen (secondary N) is 1. The number of aromatic amines is 1. The van der Waals surface area contributed by atoms with Gasteiger partial charge < -0.3 is 24.7 Å². The lowest BCUT2D eigenvalue weighted by Gasteiger charge is -2.25. The molecule has 27 heavy (non-hydrogen) atoms. The van der Waals surface area contributed by atoms with Crippen molar-refractivity contribution < 1.29 is 18.9 Å². The van der Waals surface area contributed by atoms with Gasteiger partial charge >= 0.3 is 0 Å². The average Bonchev–Trinajstić information content (AvgIpc) is 3.07. The van der Waals surface area contributed by atoms with Crippen molar-refractivity contribution >= 4 is 0 Å². The summed E-state index contributed by atoms with van der Waals surface area (Å²) >= 11 is 0. The van der Waals surface area contributed by atoms with Crippen molar-refractivity contribution in [3.05, 3.63) is 40.4 Å². The second-order valence-electron chi connectivity index (χ2n) is 6.05. The highest BCUT2D eigenvalue weighted by Crippen LogP contribution is 2.47. The monoisotopic (exact) mass is 370 g/mol. The third kappa shape index (κ3) is 3.01. The maximum Gasteiger partial charge on any atom is 0.244 e. The van der Waals surface area contributed by atoms with Gasteiger partial charge in [0.25, 0.3) is 0 Å². The summed E-state index contributed by atoms with van der Waals surface area (Å²) in [7, 11) is 4.64. The highest BCUT2D eigenvalue weighted by Gasteiger charge is 2.36. The second kappa shape index (κ2) is 7.50. The Hall–Kier alpha value is -3.34. The molecule has 0 amide bonds. The standard InChI is InChI=1S/C19H22N4O4/c1-5-6-12-16-15(11(9-20)18(21)27-19(16)23-22-12)10-7-13(24-2)17(26-4)14(8-10)25-3/h7-8,15H,5-6,21H2,1-4H3,(H,22,23)/t15-/m1/s1. The minimum Gasteiger partial charge on any atom is -0.493 e. The fourth-order valence-electron chi connectivity index (χ4n) is 3.35. The quantitative estimate of drug-likeness (QED) is 0.803. The molecule has 142 valence electrons. The first-order valence-electron chi connectivity index (χ1n) is 8.54. The molecule has 0 fully saturated rings. The van der Waals surface area contributed by atoms with Gasteiger partial charge in [-0.2, -0.15) is 5.26 Å². The van der Waals surface area contributed by atoms with Crippen LogP contribution in [0.2, 0.25) is 0 Å². The van der Waals surface area contributed by atoms with Gasteiger partial charge in [0.15, 0.2) is 11.5 Å². The zero-order chi connectivity index (χ0) is 19.6. The fourth-order valence-corrected chi connectivity index (χ4v) is 3.35. The van der Waals surface area contributed by atoms with Crippen LogP contribution in [0.3, 0.4) is 0 Å². The minimum atomic E-state index is -0.451. The summed E-state index contributed by atoms with van der Waals surface area (Å²) in [6.07, 6.45) is 1.68. The van der Waals surface area contributed by atoms with E-state index < -0.39 is 5.92 Å². The van der Waals surface area contributed by atoms with Gasteiger partial charge in [-0.25, -0.2) is 0 Å². The van der Waals surface area contributed by atoms with Crippen LogP contribution in [0.4, 0.5) is 0 Å². The predicted molar refractivity (Wildman–Crippen MR) is 98.0 cm³/mol. The van der Waals surface area contributed by atoms with Gasteiger partial charge in [0, 0.05) is 11.3 Å². The highest BCUT2D eigenvalue weighted by molar-refractivity contribution is 5.61. The Balaban J connectivity index is 2.26. The first-order chi connectivity index (χ1) is 13.1. The van der Waals surface area contributed by atoms with Crippen LogP contribution in [0, 0.1) is 11.3 Å². The number of methoxy groups -OCH3 is 3. The molecule has 0 radical (unpaired) electrons. The Labute approximate surface area is 157 Å². The molecule has 0 unspecified atom stereocenters. The van der Waals surface area contributed by atoms with E-state index in [4.69, 9.17) is 24.7 Å². The molecular formula is C19H22N4O4. The number of nitrogens with zero attached hydrogens (tertiary/aromatic N) is 2. The first kappa shape index (κ1) is 18.5. The van der Waals surface area contributed by atoms with E-state index in [0.717, 1.165) is 29.7 Å². The predicted octanol–water partition coefficient (Wildman–Crippen LogP) is 2.61. The third-order valence-electron chi connectivity index (χ3n) is 4.54. The average molecular weight is 370 g/mol. The number of allylic oxidation sites excluding steroid dienone is 1. The van der Waals surface area contributed by atoms with Crippen LogP contribution in [-0.4, -0.2) is 31.5 Å². The number of nitrogens with two attached hydrogens (primary N) is 1. The van der Waals surface area contributed by atoms with E-state index in [-0.39, 0.29) is 5.88 Å². The number of H-pyrrole nitrogens is 1. The van der Waals surface area contributed by atoms with E-state index in [0.29, 0.717) is 28.7 Å². The molecule has 0 saturated heterocycles. The van der Waals surface area contributed by atoms with Crippen molar-refractivity contribution in [1.82, 2.24) is 10.2 Å². The first-order valence-corrected chi connectivity index (χ1v) is 8.54. The number of aryl methyl sites for hydroxylation is 1. The molecular weight excluding hydrogens is 348 g/mol. The van der Waals surface area contributed by atoms with Crippen LogP contribution in [-0.2, 0) is 6.42 Å². The van der Waals surface area contributed by atoms with Crippen LogP contribution in [0.5, 0.6) is 23.1 Å². The summed E-state index contributed by atoms with van der Waals surface area (Å²) in [4.78, 5) is 0. The van der Waals surface area contributed by atoms with Crippen LogP contribution >= 0.6 is 0 Å². The molecule has 1 aromatic heterocycles. The van der Waals surface area contributed by atoms with Crippen molar-refractivity contribution in [2.45, 2.75) is 25.7 Å². The Morgan fingerprint density at radius 2 is 1.89 bits per heavy atom. The van der Waals surface area contributed by atoms with Crippen molar-refractivity contribution in [1.29, 1.82) is 5.26 Å². The van der Waals surface area contributed by atoms with Gasteiger partial charge in [-0.15, -0.1) is 5.10 Å². The lowest BCUT2D eigenvalue weighted by atomic mass is 9.83. The van der Waals surface area contributed by atoms with Crippen molar-refractivity contribution in [3.8, 4) is 29.2 Å². The van der Waals surface area contributed by atoms with Crippen LogP contribution < -0.4 is 24.7 Å². The van der Waals surface area contributed by atoms with E-state index in [1.165, 1.54) is 0 Å². The molecule has 0 saturated carbocycles. The maximum absolute atomic E-state index is 9.75. The Morgan fingerprint density at radius 3 is 2.41 bits per heavy atom. The lowest BCUT2D eigenvalue weighted by Crippen LogP contribution is -2.21. The molecule has 1 atom stereocenters. The molecule has 1 aliphatic heterocycles. The van der Waals surface area contributed by atoms with Crippen molar-refractivity contribution in [3.63, 3.8) is 0 Å². The van der Waals surface area contributed by atoms with E-state index in [2.05, 4.69) is 23.2 Å². The van der Waals surface area contributed by atoms with Crippen LogP contribution in [0.15, 0.2) is 23.6 Å². The van der Waals surface area contributed by atoms with E-state index in [9.17, 15) is 5.26 Å². The largest absolute Gasteiger partial charge is 0.493 e. The number of nitriles is 1. The number of rotatable bonds is 6. The van der Waals surface area contributed by atoms with Crippen LogP contribution in [0.25, 0.3) is 0 Å². The lowest BCUT2D eigenvalue weighted by molar-refractivity contribution is 0.323. The molecule has 1 aliphatic rings. The SMILES string of the molecule is CCCc1[nH]nc2c1[C@H](c1cc(OC)c(OC)c(OC)c1)C(C#N)=C(N)O2. The number of benzene rings is 1.